The van der Waals surface area contributed by atoms with E-state index in [1.807, 2.05) is 31.2 Å². The predicted molar refractivity (Wildman–Crippen MR) is 81.0 cm³/mol. The van der Waals surface area contributed by atoms with Crippen molar-refractivity contribution in [2.24, 2.45) is 0 Å². The minimum Gasteiger partial charge on any atom is -0.461 e. The summed E-state index contributed by atoms with van der Waals surface area (Å²) in [6, 6.07) is 11.8. The molecular weight excluding hydrogens is 291 g/mol. The Kier molecular flexibility index (Phi) is 3.70. The van der Waals surface area contributed by atoms with Gasteiger partial charge in [-0.25, -0.2) is 4.39 Å². The molecule has 0 saturated carbocycles. The van der Waals surface area contributed by atoms with Crippen LogP contribution in [0.25, 0.3) is 11.0 Å². The van der Waals surface area contributed by atoms with Crippen molar-refractivity contribution in [3.05, 3.63) is 70.2 Å². The zero-order chi connectivity index (χ0) is 15.0. The van der Waals surface area contributed by atoms with Crippen molar-refractivity contribution in [2.75, 3.05) is 0 Å². The molecule has 0 aliphatic carbocycles. The zero-order valence-electron chi connectivity index (χ0n) is 11.4. The molecule has 0 saturated heterocycles. The van der Waals surface area contributed by atoms with Gasteiger partial charge in [0.1, 0.15) is 17.2 Å². The number of halogens is 2. The Bertz CT molecular complexity index is 795. The molecule has 0 spiro atoms. The first-order chi connectivity index (χ1) is 10.1. The monoisotopic (exact) mass is 304 g/mol. The van der Waals surface area contributed by atoms with Crippen LogP contribution in [-0.4, -0.2) is 5.11 Å². The molecule has 1 atom stereocenters. The van der Waals surface area contributed by atoms with Gasteiger partial charge in [-0.2, -0.15) is 0 Å². The summed E-state index contributed by atoms with van der Waals surface area (Å²) in [6.07, 6.45) is -0.444. The lowest BCUT2D eigenvalue weighted by Gasteiger charge is -2.12. The number of benzene rings is 2. The van der Waals surface area contributed by atoms with Gasteiger partial charge < -0.3 is 9.52 Å². The molecule has 2 nitrogen and oxygen atoms in total. The molecule has 1 N–H and O–H groups in total. The zero-order valence-corrected chi connectivity index (χ0v) is 12.2. The lowest BCUT2D eigenvalue weighted by molar-refractivity contribution is 0.177. The average molecular weight is 305 g/mol. The maximum Gasteiger partial charge on any atom is 0.134 e. The molecule has 0 bridgehead atoms. The fourth-order valence-electron chi connectivity index (χ4n) is 2.60. The minimum atomic E-state index is -0.753. The molecule has 0 fully saturated rings. The Morgan fingerprint density at radius 2 is 2.00 bits per heavy atom. The minimum absolute atomic E-state index is 0.309. The predicted octanol–water partition coefficient (Wildman–Crippen LogP) is 4.81. The largest absolute Gasteiger partial charge is 0.461 e. The topological polar surface area (TPSA) is 33.4 Å². The first-order valence-corrected chi connectivity index (χ1v) is 7.04. The number of hydrogen-bond acceptors (Lipinski definition) is 2. The van der Waals surface area contributed by atoms with Crippen LogP contribution in [0.5, 0.6) is 0 Å². The molecule has 1 unspecified atom stereocenters. The van der Waals surface area contributed by atoms with Crippen LogP contribution in [0.1, 0.15) is 23.0 Å². The van der Waals surface area contributed by atoms with Crippen LogP contribution < -0.4 is 0 Å². The van der Waals surface area contributed by atoms with E-state index in [4.69, 9.17) is 16.0 Å². The third-order valence-electron chi connectivity index (χ3n) is 3.58. The van der Waals surface area contributed by atoms with Crippen LogP contribution >= 0.6 is 11.6 Å². The number of hydrogen-bond donors (Lipinski definition) is 1. The van der Waals surface area contributed by atoms with Gasteiger partial charge in [-0.15, -0.1) is 0 Å². The third-order valence-corrected chi connectivity index (χ3v) is 3.93. The van der Waals surface area contributed by atoms with Crippen molar-refractivity contribution in [3.8, 4) is 0 Å². The van der Waals surface area contributed by atoms with E-state index in [1.165, 1.54) is 12.1 Å². The Hall–Kier alpha value is -1.84. The van der Waals surface area contributed by atoms with Crippen molar-refractivity contribution in [1.82, 2.24) is 0 Å². The van der Waals surface area contributed by atoms with Gasteiger partial charge in [-0.3, -0.25) is 0 Å². The lowest BCUT2D eigenvalue weighted by Crippen LogP contribution is -2.03. The van der Waals surface area contributed by atoms with Crippen LogP contribution in [0.3, 0.4) is 0 Å². The summed E-state index contributed by atoms with van der Waals surface area (Å²) in [5.74, 6) is 0.296. The van der Waals surface area contributed by atoms with Crippen molar-refractivity contribution >= 4 is 22.6 Å². The Balaban J connectivity index is 1.97. The van der Waals surface area contributed by atoms with Crippen molar-refractivity contribution < 1.29 is 13.9 Å². The van der Waals surface area contributed by atoms with Crippen LogP contribution in [0, 0.1) is 12.7 Å². The summed E-state index contributed by atoms with van der Waals surface area (Å²) in [6.45, 7) is 1.82. The SMILES string of the molecule is Cc1oc2ccccc2c1C(O)Cc1ccc(F)cc1Cl. The molecule has 0 amide bonds. The Labute approximate surface area is 126 Å². The van der Waals surface area contributed by atoms with Gasteiger partial charge in [-0.1, -0.05) is 35.9 Å². The quantitative estimate of drug-likeness (QED) is 0.753. The van der Waals surface area contributed by atoms with Crippen molar-refractivity contribution in [3.63, 3.8) is 0 Å². The summed E-state index contributed by atoms with van der Waals surface area (Å²) in [7, 11) is 0. The van der Waals surface area contributed by atoms with Crippen molar-refractivity contribution in [1.29, 1.82) is 0 Å². The van der Waals surface area contributed by atoms with E-state index in [2.05, 4.69) is 0 Å². The molecular formula is C17H14ClFO2. The fourth-order valence-corrected chi connectivity index (χ4v) is 2.84. The van der Waals surface area contributed by atoms with Gasteiger partial charge in [0.2, 0.25) is 0 Å². The van der Waals surface area contributed by atoms with Gasteiger partial charge in [-0.05, 0) is 30.7 Å². The average Bonchev–Trinajstić information content (AvgIpc) is 2.77. The van der Waals surface area contributed by atoms with Gasteiger partial charge >= 0.3 is 0 Å². The molecule has 0 aliphatic rings. The van der Waals surface area contributed by atoms with Gasteiger partial charge in [0.15, 0.2) is 0 Å². The summed E-state index contributed by atoms with van der Waals surface area (Å²) in [5.41, 5.74) is 2.20. The number of rotatable bonds is 3. The molecule has 0 radical (unpaired) electrons. The van der Waals surface area contributed by atoms with E-state index in [0.29, 0.717) is 22.8 Å². The second-order valence-electron chi connectivity index (χ2n) is 5.02. The van der Waals surface area contributed by atoms with Crippen molar-refractivity contribution in [2.45, 2.75) is 19.4 Å². The molecule has 2 aromatic carbocycles. The molecule has 4 heteroatoms. The van der Waals surface area contributed by atoms with Crippen LogP contribution in [0.15, 0.2) is 46.9 Å². The lowest BCUT2D eigenvalue weighted by atomic mass is 9.99. The van der Waals surface area contributed by atoms with E-state index in [0.717, 1.165) is 16.5 Å². The number of aryl methyl sites for hydroxylation is 1. The van der Waals surface area contributed by atoms with E-state index in [1.54, 1.807) is 6.07 Å². The normalized spacial score (nSPS) is 12.8. The first-order valence-electron chi connectivity index (χ1n) is 6.66. The number of para-hydroxylation sites is 1. The van der Waals surface area contributed by atoms with E-state index < -0.39 is 6.10 Å². The highest BCUT2D eigenvalue weighted by molar-refractivity contribution is 6.31. The summed E-state index contributed by atoms with van der Waals surface area (Å²) in [4.78, 5) is 0. The van der Waals surface area contributed by atoms with Crippen LogP contribution in [-0.2, 0) is 6.42 Å². The third kappa shape index (κ3) is 2.67. The highest BCUT2D eigenvalue weighted by Crippen LogP contribution is 2.33. The Morgan fingerprint density at radius 3 is 2.76 bits per heavy atom. The van der Waals surface area contributed by atoms with Crippen LogP contribution in [0.4, 0.5) is 4.39 Å². The second kappa shape index (κ2) is 5.51. The molecule has 1 heterocycles. The maximum atomic E-state index is 13.1. The standard InChI is InChI=1S/C17H14ClFO2/c1-10-17(13-4-2-3-5-16(13)21-10)15(20)8-11-6-7-12(19)9-14(11)18/h2-7,9,15,20H,8H2,1H3. The molecule has 0 aliphatic heterocycles. The van der Waals surface area contributed by atoms with Gasteiger partial charge in [0, 0.05) is 22.4 Å². The highest BCUT2D eigenvalue weighted by atomic mass is 35.5. The summed E-state index contributed by atoms with van der Waals surface area (Å²) < 4.78 is 18.7. The van der Waals surface area contributed by atoms with E-state index in [9.17, 15) is 9.50 Å². The molecule has 3 rings (SSSR count). The number of furan rings is 1. The number of aliphatic hydroxyl groups excluding tert-OH is 1. The summed E-state index contributed by atoms with van der Waals surface area (Å²) >= 11 is 6.02. The molecule has 108 valence electrons. The molecule has 1 aromatic heterocycles. The maximum absolute atomic E-state index is 13.1. The van der Waals surface area contributed by atoms with E-state index >= 15 is 0 Å². The highest BCUT2D eigenvalue weighted by Gasteiger charge is 2.19. The number of fused-ring (bicyclic) bond motifs is 1. The molecule has 21 heavy (non-hydrogen) atoms. The summed E-state index contributed by atoms with van der Waals surface area (Å²) in [5, 5.41) is 11.7. The molecule has 3 aromatic rings. The van der Waals surface area contributed by atoms with Gasteiger partial charge in [0.25, 0.3) is 0 Å². The van der Waals surface area contributed by atoms with Gasteiger partial charge in [0.05, 0.1) is 6.10 Å². The number of aliphatic hydroxyl groups is 1. The second-order valence-corrected chi connectivity index (χ2v) is 5.43. The smallest absolute Gasteiger partial charge is 0.134 e. The fraction of sp³-hybridized carbons (Fsp3) is 0.176. The van der Waals surface area contributed by atoms with Crippen LogP contribution in [0.2, 0.25) is 5.02 Å². The van der Waals surface area contributed by atoms with E-state index in [-0.39, 0.29) is 5.82 Å². The Morgan fingerprint density at radius 1 is 1.24 bits per heavy atom. The first kappa shape index (κ1) is 14.1.